The first-order valence-corrected chi connectivity index (χ1v) is 14.2. The predicted octanol–water partition coefficient (Wildman–Crippen LogP) is 5.55. The van der Waals surface area contributed by atoms with Crippen LogP contribution in [0.5, 0.6) is 0 Å². The van der Waals surface area contributed by atoms with Crippen LogP contribution >= 0.6 is 11.8 Å². The fourth-order valence-corrected chi connectivity index (χ4v) is 5.86. The van der Waals surface area contributed by atoms with Crippen molar-refractivity contribution in [1.29, 1.82) is 0 Å². The fraction of sp³-hybridized carbons (Fsp3) is 0.517. The molecule has 2 aromatic rings. The number of nitrogens with zero attached hydrogens (tertiary/aromatic N) is 1. The van der Waals surface area contributed by atoms with Crippen molar-refractivity contribution in [3.8, 4) is 11.1 Å². The summed E-state index contributed by atoms with van der Waals surface area (Å²) in [6.07, 6.45) is 3.01. The molecule has 7 heteroatoms. The van der Waals surface area contributed by atoms with Crippen LogP contribution in [0.4, 0.5) is 4.79 Å². The zero-order valence-corrected chi connectivity index (χ0v) is 23.1. The number of benzene rings is 2. The Balaban J connectivity index is 1.70. The van der Waals surface area contributed by atoms with Crippen molar-refractivity contribution in [2.24, 2.45) is 5.92 Å². The molecule has 1 N–H and O–H groups in total. The van der Waals surface area contributed by atoms with E-state index < -0.39 is 12.1 Å². The maximum atomic E-state index is 13.5. The average Bonchev–Trinajstić information content (AvgIpc) is 3.22. The third-order valence-electron chi connectivity index (χ3n) is 7.38. The number of rotatable bonds is 12. The average molecular weight is 513 g/mol. The summed E-state index contributed by atoms with van der Waals surface area (Å²) in [6, 6.07) is 15.7. The Morgan fingerprint density at radius 3 is 2.11 bits per heavy atom. The molecule has 3 unspecified atom stereocenters. The number of carbonyl (C=O) groups is 2. The van der Waals surface area contributed by atoms with Gasteiger partial charge in [0.1, 0.15) is 12.6 Å². The zero-order valence-electron chi connectivity index (χ0n) is 22.3. The second kappa shape index (κ2) is 13.2. The quantitative estimate of drug-likeness (QED) is 0.404. The number of carbonyl (C=O) groups excluding carboxylic acids is 2. The number of nitrogens with one attached hydrogen (secondary N) is 1. The van der Waals surface area contributed by atoms with E-state index >= 15 is 0 Å². The maximum absolute atomic E-state index is 13.5. The summed E-state index contributed by atoms with van der Waals surface area (Å²) >= 11 is 1.52. The Morgan fingerprint density at radius 1 is 1.03 bits per heavy atom. The van der Waals surface area contributed by atoms with Gasteiger partial charge < -0.3 is 19.7 Å². The number of likely N-dealkylation sites (N-methyl/N-ethyl adjacent to an activating group) is 1. The highest BCUT2D eigenvalue weighted by molar-refractivity contribution is 7.98. The van der Waals surface area contributed by atoms with Gasteiger partial charge in [0, 0.05) is 25.8 Å². The van der Waals surface area contributed by atoms with Gasteiger partial charge in [0.25, 0.3) is 0 Å². The molecule has 3 rings (SSSR count). The van der Waals surface area contributed by atoms with E-state index in [2.05, 4.69) is 50.4 Å². The molecule has 4 atom stereocenters. The fourth-order valence-electron chi connectivity index (χ4n) is 5.30. The van der Waals surface area contributed by atoms with E-state index in [1.807, 2.05) is 37.6 Å². The molecule has 36 heavy (non-hydrogen) atoms. The van der Waals surface area contributed by atoms with Gasteiger partial charge in [-0.2, -0.15) is 11.8 Å². The van der Waals surface area contributed by atoms with E-state index in [1.165, 1.54) is 22.9 Å². The lowest BCUT2D eigenvalue weighted by atomic mass is 9.91. The van der Waals surface area contributed by atoms with E-state index in [1.54, 1.807) is 12.0 Å². The van der Waals surface area contributed by atoms with Gasteiger partial charge in [-0.05, 0) is 40.8 Å². The molecular weight excluding hydrogens is 472 g/mol. The normalized spacial score (nSPS) is 15.8. The maximum Gasteiger partial charge on any atom is 0.407 e. The first-order chi connectivity index (χ1) is 17.4. The number of ether oxygens (including phenoxy) is 2. The van der Waals surface area contributed by atoms with Crippen molar-refractivity contribution in [2.75, 3.05) is 32.8 Å². The van der Waals surface area contributed by atoms with Crippen molar-refractivity contribution < 1.29 is 19.1 Å². The smallest absolute Gasteiger partial charge is 0.407 e. The Hall–Kier alpha value is -2.51. The van der Waals surface area contributed by atoms with E-state index in [0.717, 1.165) is 24.0 Å². The molecule has 0 aliphatic heterocycles. The van der Waals surface area contributed by atoms with Crippen LogP contribution in [-0.4, -0.2) is 67.9 Å². The summed E-state index contributed by atoms with van der Waals surface area (Å²) in [7, 11) is 3.50. The third-order valence-corrected chi connectivity index (χ3v) is 8.04. The summed E-state index contributed by atoms with van der Waals surface area (Å²) in [5, 5.41) is 2.84. The molecule has 0 aromatic heterocycles. The van der Waals surface area contributed by atoms with E-state index in [-0.39, 0.29) is 36.5 Å². The molecule has 0 saturated heterocycles. The van der Waals surface area contributed by atoms with Gasteiger partial charge in [-0.3, -0.25) is 4.79 Å². The second-order valence-corrected chi connectivity index (χ2v) is 10.4. The van der Waals surface area contributed by atoms with E-state index in [9.17, 15) is 9.59 Å². The molecular formula is C29H40N2O4S. The van der Waals surface area contributed by atoms with Gasteiger partial charge in [-0.15, -0.1) is 0 Å². The number of hydrogen-bond acceptors (Lipinski definition) is 5. The van der Waals surface area contributed by atoms with Crippen LogP contribution in [0, 0.1) is 5.92 Å². The summed E-state index contributed by atoms with van der Waals surface area (Å²) < 4.78 is 11.4. The lowest BCUT2D eigenvalue weighted by Gasteiger charge is -2.39. The molecule has 196 valence electrons. The first kappa shape index (κ1) is 28.1. The van der Waals surface area contributed by atoms with E-state index in [4.69, 9.17) is 9.47 Å². The van der Waals surface area contributed by atoms with Gasteiger partial charge in [0.15, 0.2) is 0 Å². The van der Waals surface area contributed by atoms with Gasteiger partial charge in [0.05, 0.1) is 12.1 Å². The molecule has 2 aromatic carbocycles. The molecule has 2 amide bonds. The number of hydrogen-bond donors (Lipinski definition) is 1. The molecule has 6 nitrogen and oxygen atoms in total. The summed E-state index contributed by atoms with van der Waals surface area (Å²) in [5.74, 6) is 0.568. The Bertz CT molecular complexity index is 980. The van der Waals surface area contributed by atoms with Crippen molar-refractivity contribution in [3.05, 3.63) is 59.7 Å². The van der Waals surface area contributed by atoms with Gasteiger partial charge in [-0.25, -0.2) is 4.79 Å². The molecule has 0 spiro atoms. The van der Waals surface area contributed by atoms with Crippen molar-refractivity contribution in [1.82, 2.24) is 10.2 Å². The highest BCUT2D eigenvalue weighted by Crippen LogP contribution is 2.44. The molecule has 1 aliphatic carbocycles. The standard InChI is InChI=1S/C29H40N2O4S/c1-7-19(3)27(26(8-2)34-5)31(4)28(32)25(18-36-6)30-29(33)35-17-24-22-15-11-9-13-20(22)21-14-10-12-16-23(21)24/h9-16,19,24-27H,7-8,17-18H2,1-6H3,(H,30,33)/t19?,25-,26?,27?/m0/s1. The monoisotopic (exact) mass is 512 g/mol. The lowest BCUT2D eigenvalue weighted by Crippen LogP contribution is -2.56. The summed E-state index contributed by atoms with van der Waals surface area (Å²) in [4.78, 5) is 28.2. The number of fused-ring (bicyclic) bond motifs is 3. The van der Waals surface area contributed by atoms with Crippen molar-refractivity contribution in [2.45, 2.75) is 57.7 Å². The van der Waals surface area contributed by atoms with Crippen LogP contribution in [-0.2, 0) is 14.3 Å². The van der Waals surface area contributed by atoms with Crippen molar-refractivity contribution in [3.63, 3.8) is 0 Å². The summed E-state index contributed by atoms with van der Waals surface area (Å²) in [5.41, 5.74) is 4.67. The predicted molar refractivity (Wildman–Crippen MR) is 147 cm³/mol. The molecule has 0 fully saturated rings. The highest BCUT2D eigenvalue weighted by Gasteiger charge is 2.35. The van der Waals surface area contributed by atoms with Crippen LogP contribution in [0.1, 0.15) is 50.7 Å². The number of methoxy groups -OCH3 is 1. The van der Waals surface area contributed by atoms with Crippen LogP contribution in [0.2, 0.25) is 0 Å². The Morgan fingerprint density at radius 2 is 1.61 bits per heavy atom. The molecule has 0 radical (unpaired) electrons. The highest BCUT2D eigenvalue weighted by atomic mass is 32.2. The molecule has 1 aliphatic rings. The zero-order chi connectivity index (χ0) is 26.2. The van der Waals surface area contributed by atoms with Crippen molar-refractivity contribution >= 4 is 23.8 Å². The summed E-state index contributed by atoms with van der Waals surface area (Å²) in [6.45, 7) is 6.54. The van der Waals surface area contributed by atoms with Gasteiger partial charge in [0.2, 0.25) is 5.91 Å². The number of alkyl carbamates (subject to hydrolysis) is 1. The topological polar surface area (TPSA) is 67.9 Å². The lowest BCUT2D eigenvalue weighted by molar-refractivity contribution is -0.138. The molecule has 0 saturated carbocycles. The number of thioether (sulfide) groups is 1. The molecule has 0 bridgehead atoms. The van der Waals surface area contributed by atoms with Crippen LogP contribution in [0.15, 0.2) is 48.5 Å². The minimum absolute atomic E-state index is 0.0256. The van der Waals surface area contributed by atoms with Crippen LogP contribution < -0.4 is 5.32 Å². The largest absolute Gasteiger partial charge is 0.449 e. The minimum Gasteiger partial charge on any atom is -0.449 e. The van der Waals surface area contributed by atoms with Crippen LogP contribution in [0.3, 0.4) is 0 Å². The van der Waals surface area contributed by atoms with Crippen LogP contribution in [0.25, 0.3) is 11.1 Å². The van der Waals surface area contributed by atoms with Gasteiger partial charge in [-0.1, -0.05) is 75.7 Å². The SMILES string of the molecule is CCC(C)C(C(CC)OC)N(C)C(=O)[C@H](CSC)NC(=O)OCC1c2ccccc2-c2ccccc21. The Kier molecular flexibility index (Phi) is 10.3. The van der Waals surface area contributed by atoms with E-state index in [0.29, 0.717) is 5.75 Å². The third kappa shape index (κ3) is 6.06. The van der Waals surface area contributed by atoms with Gasteiger partial charge >= 0.3 is 6.09 Å². The first-order valence-electron chi connectivity index (χ1n) is 12.8. The second-order valence-electron chi connectivity index (χ2n) is 9.49. The molecule has 0 heterocycles. The Labute approximate surface area is 220 Å². The number of amides is 2. The minimum atomic E-state index is -0.679.